The quantitative estimate of drug-likeness (QED) is 0.794. The Balaban J connectivity index is 1.55. The number of piperazine rings is 1. The van der Waals surface area contributed by atoms with Crippen molar-refractivity contribution in [2.75, 3.05) is 33.3 Å². The third-order valence-electron chi connectivity index (χ3n) is 4.70. The summed E-state index contributed by atoms with van der Waals surface area (Å²) in [6.07, 6.45) is 0. The van der Waals surface area contributed by atoms with E-state index in [4.69, 9.17) is 0 Å². The fourth-order valence-corrected chi connectivity index (χ4v) is 3.23. The highest BCUT2D eigenvalue weighted by Crippen LogP contribution is 2.13. The summed E-state index contributed by atoms with van der Waals surface area (Å²) in [5, 5.41) is 0. The van der Waals surface area contributed by atoms with Gasteiger partial charge in [0.05, 0.1) is 12.7 Å². The second kappa shape index (κ2) is 8.15. The van der Waals surface area contributed by atoms with Crippen molar-refractivity contribution in [2.24, 2.45) is 0 Å². The van der Waals surface area contributed by atoms with Gasteiger partial charge in [-0.3, -0.25) is 9.69 Å². The Kier molecular flexibility index (Phi) is 5.68. The molecule has 136 valence electrons. The number of amides is 1. The Bertz CT molecular complexity index is 778. The number of nitrogens with zero attached hydrogens (tertiary/aromatic N) is 2. The van der Waals surface area contributed by atoms with Crippen LogP contribution >= 0.6 is 0 Å². The van der Waals surface area contributed by atoms with Crippen LogP contribution in [0.5, 0.6) is 0 Å². The number of hydrogen-bond acceptors (Lipinski definition) is 4. The van der Waals surface area contributed by atoms with Crippen LogP contribution in [0.2, 0.25) is 0 Å². The molecule has 0 atom stereocenters. The van der Waals surface area contributed by atoms with Gasteiger partial charge in [-0.15, -0.1) is 0 Å². The third kappa shape index (κ3) is 4.29. The molecule has 0 aliphatic carbocycles. The molecule has 1 heterocycles. The first-order valence-corrected chi connectivity index (χ1v) is 8.82. The summed E-state index contributed by atoms with van der Waals surface area (Å²) >= 11 is 0. The number of rotatable bonds is 4. The minimum atomic E-state index is -0.395. The molecule has 5 heteroatoms. The molecular weight excluding hydrogens is 328 g/mol. The summed E-state index contributed by atoms with van der Waals surface area (Å²) in [4.78, 5) is 28.4. The lowest BCUT2D eigenvalue weighted by molar-refractivity contribution is 0.0596. The van der Waals surface area contributed by atoms with Gasteiger partial charge in [-0.25, -0.2) is 4.79 Å². The van der Waals surface area contributed by atoms with Crippen LogP contribution in [-0.2, 0) is 11.3 Å². The van der Waals surface area contributed by atoms with E-state index in [0.717, 1.165) is 19.6 Å². The van der Waals surface area contributed by atoms with E-state index in [1.54, 1.807) is 24.3 Å². The Hall–Kier alpha value is -2.66. The van der Waals surface area contributed by atoms with Gasteiger partial charge in [-0.05, 0) is 36.8 Å². The molecule has 1 amide bonds. The molecule has 5 nitrogen and oxygen atoms in total. The molecule has 0 spiro atoms. The second-order valence-corrected chi connectivity index (χ2v) is 6.63. The van der Waals surface area contributed by atoms with Crippen molar-refractivity contribution in [3.8, 4) is 0 Å². The number of methoxy groups -OCH3 is 1. The van der Waals surface area contributed by atoms with Gasteiger partial charge in [-0.1, -0.05) is 29.8 Å². The zero-order valence-corrected chi connectivity index (χ0v) is 15.3. The lowest BCUT2D eigenvalue weighted by Gasteiger charge is -2.34. The Morgan fingerprint density at radius 3 is 2.23 bits per heavy atom. The molecule has 2 aromatic rings. The first-order chi connectivity index (χ1) is 12.6. The summed E-state index contributed by atoms with van der Waals surface area (Å²) in [6, 6.07) is 15.2. The SMILES string of the molecule is COC(=O)c1ccc(C(=O)N2CCN(Cc3cccc(C)c3)CC2)cc1. The smallest absolute Gasteiger partial charge is 0.337 e. The van der Waals surface area contributed by atoms with Crippen molar-refractivity contribution in [3.05, 3.63) is 70.8 Å². The summed E-state index contributed by atoms with van der Waals surface area (Å²) in [6.45, 7) is 6.16. The zero-order valence-electron chi connectivity index (χ0n) is 15.3. The predicted octanol–water partition coefficient (Wildman–Crippen LogP) is 2.74. The van der Waals surface area contributed by atoms with E-state index < -0.39 is 5.97 Å². The highest BCUT2D eigenvalue weighted by atomic mass is 16.5. The molecule has 0 saturated carbocycles. The lowest BCUT2D eigenvalue weighted by Crippen LogP contribution is -2.48. The number of aryl methyl sites for hydroxylation is 1. The van der Waals surface area contributed by atoms with Gasteiger partial charge in [-0.2, -0.15) is 0 Å². The molecule has 1 fully saturated rings. The summed E-state index contributed by atoms with van der Waals surface area (Å²) < 4.78 is 4.68. The Morgan fingerprint density at radius 2 is 1.62 bits per heavy atom. The normalized spacial score (nSPS) is 14.9. The van der Waals surface area contributed by atoms with Gasteiger partial charge in [0, 0.05) is 38.3 Å². The zero-order chi connectivity index (χ0) is 18.5. The van der Waals surface area contributed by atoms with Crippen molar-refractivity contribution in [1.29, 1.82) is 0 Å². The molecule has 1 aliphatic rings. The molecule has 0 radical (unpaired) electrons. The first-order valence-electron chi connectivity index (χ1n) is 8.82. The monoisotopic (exact) mass is 352 g/mol. The Labute approximate surface area is 154 Å². The van der Waals surface area contributed by atoms with E-state index in [9.17, 15) is 9.59 Å². The van der Waals surface area contributed by atoms with E-state index >= 15 is 0 Å². The third-order valence-corrected chi connectivity index (χ3v) is 4.70. The number of hydrogen-bond donors (Lipinski definition) is 0. The predicted molar refractivity (Wildman–Crippen MR) is 100 cm³/mol. The molecule has 0 bridgehead atoms. The minimum absolute atomic E-state index is 0.0108. The highest BCUT2D eigenvalue weighted by molar-refractivity contribution is 5.96. The highest BCUT2D eigenvalue weighted by Gasteiger charge is 2.22. The summed E-state index contributed by atoms with van der Waals surface area (Å²) in [7, 11) is 1.34. The van der Waals surface area contributed by atoms with Crippen LogP contribution in [0.3, 0.4) is 0 Å². The fourth-order valence-electron chi connectivity index (χ4n) is 3.23. The summed E-state index contributed by atoms with van der Waals surface area (Å²) in [5.74, 6) is -0.384. The maximum absolute atomic E-state index is 12.7. The number of ether oxygens (including phenoxy) is 1. The van der Waals surface area contributed by atoms with Crippen LogP contribution in [0, 0.1) is 6.92 Å². The summed E-state index contributed by atoms with van der Waals surface area (Å²) in [5.41, 5.74) is 3.63. The maximum Gasteiger partial charge on any atom is 0.337 e. The lowest BCUT2D eigenvalue weighted by atomic mass is 10.1. The van der Waals surface area contributed by atoms with E-state index in [2.05, 4.69) is 40.8 Å². The van der Waals surface area contributed by atoms with Crippen LogP contribution < -0.4 is 0 Å². The van der Waals surface area contributed by atoms with E-state index in [1.165, 1.54) is 18.2 Å². The van der Waals surface area contributed by atoms with Crippen LogP contribution in [0.4, 0.5) is 0 Å². The first kappa shape index (κ1) is 18.1. The number of esters is 1. The topological polar surface area (TPSA) is 49.9 Å². The van der Waals surface area contributed by atoms with Gasteiger partial charge in [0.15, 0.2) is 0 Å². The number of carbonyl (C=O) groups excluding carboxylic acids is 2. The molecule has 0 unspecified atom stereocenters. The van der Waals surface area contributed by atoms with Gasteiger partial charge >= 0.3 is 5.97 Å². The molecular formula is C21H24N2O3. The maximum atomic E-state index is 12.7. The average molecular weight is 352 g/mol. The van der Waals surface area contributed by atoms with Gasteiger partial charge in [0.2, 0.25) is 0 Å². The van der Waals surface area contributed by atoms with Crippen molar-refractivity contribution in [1.82, 2.24) is 9.80 Å². The average Bonchev–Trinajstić information content (AvgIpc) is 2.67. The second-order valence-electron chi connectivity index (χ2n) is 6.63. The van der Waals surface area contributed by atoms with Crippen molar-refractivity contribution in [3.63, 3.8) is 0 Å². The molecule has 1 saturated heterocycles. The fraction of sp³-hybridized carbons (Fsp3) is 0.333. The molecule has 0 aromatic heterocycles. The standard InChI is InChI=1S/C21H24N2O3/c1-16-4-3-5-17(14-16)15-22-10-12-23(13-11-22)20(24)18-6-8-19(9-7-18)21(25)26-2/h3-9,14H,10-13,15H2,1-2H3. The van der Waals surface area contributed by atoms with Crippen molar-refractivity contribution in [2.45, 2.75) is 13.5 Å². The molecule has 0 N–H and O–H groups in total. The molecule has 2 aromatic carbocycles. The van der Waals surface area contributed by atoms with Gasteiger partial charge < -0.3 is 9.64 Å². The van der Waals surface area contributed by atoms with E-state index in [-0.39, 0.29) is 5.91 Å². The van der Waals surface area contributed by atoms with Crippen LogP contribution in [0.15, 0.2) is 48.5 Å². The van der Waals surface area contributed by atoms with Crippen molar-refractivity contribution < 1.29 is 14.3 Å². The molecule has 1 aliphatic heterocycles. The number of carbonyl (C=O) groups is 2. The van der Waals surface area contributed by atoms with Crippen molar-refractivity contribution >= 4 is 11.9 Å². The van der Waals surface area contributed by atoms with Gasteiger partial charge in [0.1, 0.15) is 0 Å². The van der Waals surface area contributed by atoms with E-state index in [0.29, 0.717) is 24.2 Å². The largest absolute Gasteiger partial charge is 0.465 e. The van der Waals surface area contributed by atoms with Gasteiger partial charge in [0.25, 0.3) is 5.91 Å². The molecule has 3 rings (SSSR count). The van der Waals surface area contributed by atoms with Crippen LogP contribution in [0.25, 0.3) is 0 Å². The Morgan fingerprint density at radius 1 is 0.962 bits per heavy atom. The molecule has 26 heavy (non-hydrogen) atoms. The number of benzene rings is 2. The van der Waals surface area contributed by atoms with E-state index in [1.807, 2.05) is 4.90 Å². The minimum Gasteiger partial charge on any atom is -0.465 e. The van der Waals surface area contributed by atoms with Crippen LogP contribution in [-0.4, -0.2) is 55.0 Å². The van der Waals surface area contributed by atoms with Crippen LogP contribution in [0.1, 0.15) is 31.8 Å².